The van der Waals surface area contributed by atoms with Crippen molar-refractivity contribution in [3.05, 3.63) is 62.7 Å². The van der Waals surface area contributed by atoms with E-state index in [2.05, 4.69) is 4.98 Å². The minimum atomic E-state index is -1.47. The van der Waals surface area contributed by atoms with Gasteiger partial charge in [-0.3, -0.25) is 9.59 Å². The van der Waals surface area contributed by atoms with Gasteiger partial charge in [0.25, 0.3) is 5.56 Å². The summed E-state index contributed by atoms with van der Waals surface area (Å²) in [6.07, 6.45) is 0.0579. The smallest absolute Gasteiger partial charge is 0.309 e. The average molecular weight is 394 g/mol. The molecule has 1 atom stereocenters. The number of rotatable bonds is 1. The molecule has 0 aliphatic carbocycles. The summed E-state index contributed by atoms with van der Waals surface area (Å²) in [7, 11) is 0. The second kappa shape index (κ2) is 5.97. The van der Waals surface area contributed by atoms with Crippen LogP contribution in [0.15, 0.2) is 29.1 Å². The van der Waals surface area contributed by atoms with E-state index >= 15 is 0 Å². The lowest BCUT2D eigenvalue weighted by Crippen LogP contribution is -2.32. The monoisotopic (exact) mass is 394 g/mol. The normalized spacial score (nSPS) is 20.1. The van der Waals surface area contributed by atoms with Crippen molar-refractivity contribution >= 4 is 16.9 Å². The standard InChI is InChI=1S/C22H19FN2O4/c1-3-22(28)8-19(26)29-10-14-15(22)6-18-20-13(9-25(18)21(14)27)5-12-4-11(2)16(23)7-17(12)24-20/h4-7,28H,3,8-10H2,1-2H3. The van der Waals surface area contributed by atoms with Crippen molar-refractivity contribution in [2.45, 2.75) is 45.4 Å². The lowest BCUT2D eigenvalue weighted by atomic mass is 9.85. The molecule has 0 saturated heterocycles. The summed E-state index contributed by atoms with van der Waals surface area (Å²) in [5, 5.41) is 11.9. The number of benzene rings is 1. The van der Waals surface area contributed by atoms with Crippen LogP contribution in [0.2, 0.25) is 0 Å². The number of halogens is 1. The van der Waals surface area contributed by atoms with E-state index in [0.29, 0.717) is 40.1 Å². The van der Waals surface area contributed by atoms with Crippen molar-refractivity contribution in [3.8, 4) is 11.4 Å². The number of esters is 1. The number of ether oxygens (including phenoxy) is 1. The molecule has 2 aliphatic rings. The van der Waals surface area contributed by atoms with E-state index in [1.807, 2.05) is 6.07 Å². The molecule has 1 aromatic carbocycles. The minimum absolute atomic E-state index is 0.161. The van der Waals surface area contributed by atoms with Gasteiger partial charge in [-0.1, -0.05) is 6.92 Å². The van der Waals surface area contributed by atoms with Gasteiger partial charge >= 0.3 is 5.97 Å². The first-order valence-corrected chi connectivity index (χ1v) is 9.56. The van der Waals surface area contributed by atoms with Crippen LogP contribution in [0.3, 0.4) is 0 Å². The number of hydrogen-bond acceptors (Lipinski definition) is 5. The Balaban J connectivity index is 1.78. The quantitative estimate of drug-likeness (QED) is 0.502. The predicted octanol–water partition coefficient (Wildman–Crippen LogP) is 2.92. The highest BCUT2D eigenvalue weighted by molar-refractivity contribution is 5.85. The summed E-state index contributed by atoms with van der Waals surface area (Å²) in [5.74, 6) is -0.872. The summed E-state index contributed by atoms with van der Waals surface area (Å²) in [6.45, 7) is 3.63. The first-order valence-electron chi connectivity index (χ1n) is 9.56. The maximum Gasteiger partial charge on any atom is 0.309 e. The van der Waals surface area contributed by atoms with E-state index in [4.69, 9.17) is 4.74 Å². The van der Waals surface area contributed by atoms with Crippen LogP contribution in [-0.2, 0) is 28.3 Å². The van der Waals surface area contributed by atoms with Crippen LogP contribution in [0.4, 0.5) is 4.39 Å². The van der Waals surface area contributed by atoms with E-state index in [0.717, 1.165) is 10.9 Å². The summed E-state index contributed by atoms with van der Waals surface area (Å²) < 4.78 is 20.8. The first kappa shape index (κ1) is 18.0. The second-order valence-electron chi connectivity index (χ2n) is 7.83. The molecule has 2 aromatic heterocycles. The van der Waals surface area contributed by atoms with Crippen molar-refractivity contribution in [1.82, 2.24) is 9.55 Å². The highest BCUT2D eigenvalue weighted by Gasteiger charge is 2.39. The number of cyclic esters (lactones) is 1. The second-order valence-corrected chi connectivity index (χ2v) is 7.83. The number of aliphatic hydroxyl groups is 1. The Hall–Kier alpha value is -3.06. The molecule has 2 aliphatic heterocycles. The Morgan fingerprint density at radius 1 is 1.28 bits per heavy atom. The van der Waals surface area contributed by atoms with Gasteiger partial charge in [0.2, 0.25) is 0 Å². The van der Waals surface area contributed by atoms with Crippen molar-refractivity contribution in [1.29, 1.82) is 0 Å². The molecule has 1 unspecified atom stereocenters. The number of nitrogens with zero attached hydrogens (tertiary/aromatic N) is 2. The van der Waals surface area contributed by atoms with Gasteiger partial charge in [0.05, 0.1) is 35.4 Å². The third kappa shape index (κ3) is 2.54. The summed E-state index contributed by atoms with van der Waals surface area (Å²) >= 11 is 0. The molecular formula is C22H19FN2O4. The van der Waals surface area contributed by atoms with E-state index in [1.54, 1.807) is 30.5 Å². The number of aromatic nitrogens is 2. The maximum atomic E-state index is 14.0. The zero-order chi connectivity index (χ0) is 20.5. The van der Waals surface area contributed by atoms with Crippen LogP contribution in [0.5, 0.6) is 0 Å². The molecule has 4 heterocycles. The molecule has 0 fully saturated rings. The molecule has 5 rings (SSSR count). The fourth-order valence-electron chi connectivity index (χ4n) is 4.32. The van der Waals surface area contributed by atoms with Gasteiger partial charge in [0.1, 0.15) is 18.0 Å². The largest absolute Gasteiger partial charge is 0.460 e. The van der Waals surface area contributed by atoms with Crippen molar-refractivity contribution in [2.24, 2.45) is 0 Å². The number of hydrogen-bond donors (Lipinski definition) is 1. The van der Waals surface area contributed by atoms with Gasteiger partial charge in [0.15, 0.2) is 0 Å². The average Bonchev–Trinajstić information content (AvgIpc) is 2.97. The molecule has 0 amide bonds. The fraction of sp³-hybridized carbons (Fsp3) is 0.318. The molecule has 148 valence electrons. The van der Waals surface area contributed by atoms with Gasteiger partial charge in [-0.05, 0) is 42.7 Å². The number of pyridine rings is 2. The van der Waals surface area contributed by atoms with Crippen molar-refractivity contribution in [3.63, 3.8) is 0 Å². The Labute approximate surface area is 165 Å². The van der Waals surface area contributed by atoms with Crippen LogP contribution in [0.25, 0.3) is 22.3 Å². The minimum Gasteiger partial charge on any atom is -0.460 e. The topological polar surface area (TPSA) is 81.4 Å². The molecule has 3 aromatic rings. The lowest BCUT2D eigenvalue weighted by Gasteiger charge is -2.26. The summed E-state index contributed by atoms with van der Waals surface area (Å²) in [6, 6.07) is 6.80. The number of aryl methyl sites for hydroxylation is 1. The van der Waals surface area contributed by atoms with Crippen molar-refractivity contribution in [2.75, 3.05) is 0 Å². The van der Waals surface area contributed by atoms with Gasteiger partial charge < -0.3 is 14.4 Å². The predicted molar refractivity (Wildman–Crippen MR) is 104 cm³/mol. The molecule has 0 spiro atoms. The van der Waals surface area contributed by atoms with Gasteiger partial charge in [0, 0.05) is 17.0 Å². The van der Waals surface area contributed by atoms with Crippen LogP contribution in [-0.4, -0.2) is 20.6 Å². The molecule has 0 radical (unpaired) electrons. The van der Waals surface area contributed by atoms with Crippen LogP contribution >= 0.6 is 0 Å². The zero-order valence-electron chi connectivity index (χ0n) is 16.1. The Bertz CT molecular complexity index is 1280. The van der Waals surface area contributed by atoms with Crippen LogP contribution < -0.4 is 5.56 Å². The third-order valence-corrected chi connectivity index (χ3v) is 6.05. The SMILES string of the molecule is CCC1(O)CC(=O)OCc2c1cc1n(c2=O)Cc2cc3cc(C)c(F)cc3nc2-1. The van der Waals surface area contributed by atoms with Gasteiger partial charge in [-0.2, -0.15) is 0 Å². The highest BCUT2D eigenvalue weighted by atomic mass is 19.1. The summed E-state index contributed by atoms with van der Waals surface area (Å²) in [4.78, 5) is 29.8. The maximum absolute atomic E-state index is 14.0. The van der Waals surface area contributed by atoms with Crippen molar-refractivity contribution < 1.29 is 19.0 Å². The molecule has 7 heteroatoms. The highest BCUT2D eigenvalue weighted by Crippen LogP contribution is 2.39. The Morgan fingerprint density at radius 3 is 2.83 bits per heavy atom. The third-order valence-electron chi connectivity index (χ3n) is 6.05. The number of carbonyl (C=O) groups excluding carboxylic acids is 1. The number of carbonyl (C=O) groups is 1. The van der Waals surface area contributed by atoms with Crippen LogP contribution in [0, 0.1) is 12.7 Å². The molecule has 0 bridgehead atoms. The molecule has 1 N–H and O–H groups in total. The first-order chi connectivity index (χ1) is 13.8. The Kier molecular flexibility index (Phi) is 3.70. The van der Waals surface area contributed by atoms with E-state index in [-0.39, 0.29) is 30.8 Å². The van der Waals surface area contributed by atoms with Crippen LogP contribution in [0.1, 0.15) is 42.0 Å². The number of fused-ring (bicyclic) bond motifs is 5. The molecule has 29 heavy (non-hydrogen) atoms. The van der Waals surface area contributed by atoms with E-state index < -0.39 is 11.6 Å². The lowest BCUT2D eigenvalue weighted by molar-refractivity contribution is -0.149. The van der Waals surface area contributed by atoms with E-state index in [1.165, 1.54) is 6.07 Å². The van der Waals surface area contributed by atoms with Gasteiger partial charge in [-0.25, -0.2) is 9.37 Å². The molecular weight excluding hydrogens is 375 g/mol. The zero-order valence-corrected chi connectivity index (χ0v) is 16.1. The van der Waals surface area contributed by atoms with Gasteiger partial charge in [-0.15, -0.1) is 0 Å². The Morgan fingerprint density at radius 2 is 2.07 bits per heavy atom. The fourth-order valence-corrected chi connectivity index (χ4v) is 4.32. The molecule has 6 nitrogen and oxygen atoms in total. The molecule has 0 saturated carbocycles. The van der Waals surface area contributed by atoms with E-state index in [9.17, 15) is 19.1 Å². The summed E-state index contributed by atoms with van der Waals surface area (Å²) in [5.41, 5.74) is 1.99.